The number of aromatic nitrogens is 5. The van der Waals surface area contributed by atoms with Gasteiger partial charge in [0, 0.05) is 41.7 Å². The molecule has 1 fully saturated rings. The monoisotopic (exact) mass is 420 g/mol. The first kappa shape index (κ1) is 18.6. The third-order valence-corrected chi connectivity index (χ3v) is 5.83. The molecule has 1 saturated carbocycles. The van der Waals surface area contributed by atoms with Gasteiger partial charge < -0.3 is 9.88 Å². The Morgan fingerprint density at radius 3 is 2.88 bits per heavy atom. The molecular formula is C25H20N6O. The summed E-state index contributed by atoms with van der Waals surface area (Å²) in [6.45, 7) is 0. The van der Waals surface area contributed by atoms with Crippen molar-refractivity contribution in [1.29, 1.82) is 0 Å². The van der Waals surface area contributed by atoms with Gasteiger partial charge in [0.25, 0.3) is 5.91 Å². The number of rotatable bonds is 5. The average molecular weight is 420 g/mol. The van der Waals surface area contributed by atoms with Gasteiger partial charge in [0.15, 0.2) is 5.82 Å². The lowest BCUT2D eigenvalue weighted by molar-refractivity contribution is 0.102. The second-order valence-electron chi connectivity index (χ2n) is 8.12. The number of benzene rings is 1. The van der Waals surface area contributed by atoms with Crippen molar-refractivity contribution in [3.63, 3.8) is 0 Å². The summed E-state index contributed by atoms with van der Waals surface area (Å²) in [5.41, 5.74) is 6.05. The zero-order valence-electron chi connectivity index (χ0n) is 17.3. The van der Waals surface area contributed by atoms with E-state index in [9.17, 15) is 4.79 Å². The molecule has 0 saturated heterocycles. The first-order chi connectivity index (χ1) is 15.7. The number of allylic oxidation sites excluding steroid dienone is 1. The lowest BCUT2D eigenvalue weighted by atomic mass is 10.1. The van der Waals surface area contributed by atoms with Crippen LogP contribution in [0.25, 0.3) is 28.6 Å². The number of carbonyl (C=O) groups excluding carboxylic acids is 1. The number of amides is 1. The van der Waals surface area contributed by atoms with Crippen molar-refractivity contribution in [1.82, 2.24) is 24.7 Å². The highest BCUT2D eigenvalue weighted by Gasteiger charge is 2.26. The van der Waals surface area contributed by atoms with Crippen molar-refractivity contribution in [2.75, 3.05) is 5.32 Å². The van der Waals surface area contributed by atoms with Crippen LogP contribution in [0.1, 0.15) is 40.6 Å². The van der Waals surface area contributed by atoms with Gasteiger partial charge in [-0.25, -0.2) is 0 Å². The highest BCUT2D eigenvalue weighted by molar-refractivity contribution is 6.03. The van der Waals surface area contributed by atoms with E-state index in [1.54, 1.807) is 18.6 Å². The molecule has 3 aromatic heterocycles. The van der Waals surface area contributed by atoms with Gasteiger partial charge in [0.05, 0.1) is 5.69 Å². The molecule has 0 aliphatic heterocycles. The zero-order valence-corrected chi connectivity index (χ0v) is 17.3. The van der Waals surface area contributed by atoms with E-state index < -0.39 is 0 Å². The maximum Gasteiger partial charge on any atom is 0.274 e. The molecule has 156 valence electrons. The molecule has 0 unspecified atom stereocenters. The van der Waals surface area contributed by atoms with Crippen molar-refractivity contribution < 1.29 is 4.79 Å². The molecule has 2 aliphatic rings. The number of pyridine rings is 2. The second-order valence-corrected chi connectivity index (χ2v) is 8.12. The van der Waals surface area contributed by atoms with Crippen LogP contribution in [0.15, 0.2) is 67.3 Å². The van der Waals surface area contributed by atoms with Gasteiger partial charge in [-0.05, 0) is 54.3 Å². The summed E-state index contributed by atoms with van der Waals surface area (Å²) < 4.78 is 2.10. The number of nitrogens with one attached hydrogen (secondary N) is 1. The van der Waals surface area contributed by atoms with Crippen LogP contribution in [-0.2, 0) is 6.42 Å². The largest absolute Gasteiger partial charge is 0.321 e. The van der Waals surface area contributed by atoms with E-state index in [4.69, 9.17) is 0 Å². The number of fused-ring (bicyclic) bond motifs is 1. The Kier molecular flexibility index (Phi) is 4.38. The fourth-order valence-electron chi connectivity index (χ4n) is 4.01. The highest BCUT2D eigenvalue weighted by atomic mass is 16.1. The van der Waals surface area contributed by atoms with Crippen LogP contribution in [-0.4, -0.2) is 30.6 Å². The summed E-state index contributed by atoms with van der Waals surface area (Å²) in [6, 6.07) is 13.9. The molecule has 1 amide bonds. The molecule has 2 aliphatic carbocycles. The minimum absolute atomic E-state index is 0.262. The molecule has 0 atom stereocenters. The van der Waals surface area contributed by atoms with E-state index in [0.717, 1.165) is 53.0 Å². The maximum atomic E-state index is 12.9. The van der Waals surface area contributed by atoms with Crippen LogP contribution in [0.5, 0.6) is 0 Å². The van der Waals surface area contributed by atoms with Crippen molar-refractivity contribution in [2.45, 2.75) is 25.3 Å². The van der Waals surface area contributed by atoms with Crippen LogP contribution in [0.2, 0.25) is 0 Å². The SMILES string of the molecule is O=C(Nc1cccc(-c2nncn2C2CC2)c1)c1cc(-c2cnc3c(c2)C=CC3)ccn1. The van der Waals surface area contributed by atoms with Gasteiger partial charge in [-0.1, -0.05) is 24.3 Å². The van der Waals surface area contributed by atoms with E-state index >= 15 is 0 Å². The third kappa shape index (κ3) is 3.47. The smallest absolute Gasteiger partial charge is 0.274 e. The van der Waals surface area contributed by atoms with Gasteiger partial charge in [-0.2, -0.15) is 0 Å². The molecule has 1 N–H and O–H groups in total. The summed E-state index contributed by atoms with van der Waals surface area (Å²) in [5, 5.41) is 11.3. The van der Waals surface area contributed by atoms with E-state index in [0.29, 0.717) is 17.4 Å². The van der Waals surface area contributed by atoms with Gasteiger partial charge in [-0.3, -0.25) is 14.8 Å². The third-order valence-electron chi connectivity index (χ3n) is 5.83. The maximum absolute atomic E-state index is 12.9. The lowest BCUT2D eigenvalue weighted by Gasteiger charge is -2.09. The Morgan fingerprint density at radius 2 is 1.97 bits per heavy atom. The molecule has 0 bridgehead atoms. The van der Waals surface area contributed by atoms with E-state index in [1.807, 2.05) is 36.5 Å². The predicted molar refractivity (Wildman–Crippen MR) is 122 cm³/mol. The average Bonchev–Trinajstić information content (AvgIpc) is 3.36. The van der Waals surface area contributed by atoms with Crippen LogP contribution in [0.3, 0.4) is 0 Å². The highest BCUT2D eigenvalue weighted by Crippen LogP contribution is 2.37. The van der Waals surface area contributed by atoms with Gasteiger partial charge in [0.1, 0.15) is 12.0 Å². The van der Waals surface area contributed by atoms with Crippen molar-refractivity contribution in [3.05, 3.63) is 84.2 Å². The van der Waals surface area contributed by atoms with Crippen LogP contribution >= 0.6 is 0 Å². The Hall–Kier alpha value is -4.13. The molecule has 0 radical (unpaired) electrons. The summed E-state index contributed by atoms with van der Waals surface area (Å²) in [7, 11) is 0. The first-order valence-electron chi connectivity index (χ1n) is 10.7. The van der Waals surface area contributed by atoms with E-state index in [-0.39, 0.29) is 5.91 Å². The van der Waals surface area contributed by atoms with Crippen molar-refractivity contribution in [2.24, 2.45) is 0 Å². The molecule has 4 aromatic rings. The predicted octanol–water partition coefficient (Wildman–Crippen LogP) is 4.56. The molecule has 32 heavy (non-hydrogen) atoms. The molecular weight excluding hydrogens is 400 g/mol. The summed E-state index contributed by atoms with van der Waals surface area (Å²) in [4.78, 5) is 21.8. The molecule has 7 heteroatoms. The summed E-state index contributed by atoms with van der Waals surface area (Å²) in [6.07, 6.45) is 12.6. The minimum Gasteiger partial charge on any atom is -0.321 e. The zero-order chi connectivity index (χ0) is 21.5. The number of carbonyl (C=O) groups is 1. The number of anilines is 1. The fraction of sp³-hybridized carbons (Fsp3) is 0.160. The summed E-state index contributed by atoms with van der Waals surface area (Å²) >= 11 is 0. The van der Waals surface area contributed by atoms with Crippen LogP contribution in [0.4, 0.5) is 5.69 Å². The quantitative estimate of drug-likeness (QED) is 0.512. The van der Waals surface area contributed by atoms with Gasteiger partial charge >= 0.3 is 0 Å². The standard InChI is InChI=1S/C25H20N6O/c32-25(23-13-16(9-10-26-23)19-11-17-3-2-6-22(17)27-14-19)29-20-5-1-4-18(12-20)24-30-28-15-31(24)21-7-8-21/h1-5,9-15,21H,6-8H2,(H,29,32). The molecule has 6 rings (SSSR count). The second kappa shape index (κ2) is 7.53. The molecule has 3 heterocycles. The fourth-order valence-corrected chi connectivity index (χ4v) is 4.01. The molecule has 1 aromatic carbocycles. The minimum atomic E-state index is -0.262. The van der Waals surface area contributed by atoms with Gasteiger partial charge in [-0.15, -0.1) is 10.2 Å². The Bertz CT molecular complexity index is 1370. The Labute approximate surface area is 184 Å². The van der Waals surface area contributed by atoms with Crippen molar-refractivity contribution in [3.8, 4) is 22.5 Å². The van der Waals surface area contributed by atoms with E-state index in [1.165, 1.54) is 0 Å². The lowest BCUT2D eigenvalue weighted by Crippen LogP contribution is -2.13. The molecule has 7 nitrogen and oxygen atoms in total. The molecule has 0 spiro atoms. The summed E-state index contributed by atoms with van der Waals surface area (Å²) in [5.74, 6) is 0.559. The van der Waals surface area contributed by atoms with E-state index in [2.05, 4.69) is 48.3 Å². The number of nitrogens with zero attached hydrogens (tertiary/aromatic N) is 5. The number of hydrogen-bond donors (Lipinski definition) is 1. The first-order valence-corrected chi connectivity index (χ1v) is 10.7. The topological polar surface area (TPSA) is 85.6 Å². The number of hydrogen-bond acceptors (Lipinski definition) is 5. The van der Waals surface area contributed by atoms with Crippen LogP contribution < -0.4 is 5.32 Å². The van der Waals surface area contributed by atoms with Gasteiger partial charge in [0.2, 0.25) is 0 Å². The van der Waals surface area contributed by atoms with Crippen LogP contribution in [0, 0.1) is 0 Å². The Balaban J connectivity index is 1.24. The van der Waals surface area contributed by atoms with Crippen molar-refractivity contribution >= 4 is 17.7 Å². The Morgan fingerprint density at radius 1 is 1.03 bits per heavy atom. The normalized spacial score (nSPS) is 14.4.